The summed E-state index contributed by atoms with van der Waals surface area (Å²) < 4.78 is 10.6. The summed E-state index contributed by atoms with van der Waals surface area (Å²) in [6.45, 7) is 5.61. The fourth-order valence-electron chi connectivity index (χ4n) is 1.73. The van der Waals surface area contributed by atoms with Gasteiger partial charge >= 0.3 is 0 Å². The molecule has 4 nitrogen and oxygen atoms in total. The van der Waals surface area contributed by atoms with Crippen LogP contribution in [-0.2, 0) is 9.47 Å². The monoisotopic (exact) mass is 233 g/mol. The number of rotatable bonds is 10. The lowest BCUT2D eigenvalue weighted by Crippen LogP contribution is -2.46. The van der Waals surface area contributed by atoms with E-state index in [1.54, 1.807) is 7.11 Å². The molecule has 0 radical (unpaired) electrons. The first-order chi connectivity index (χ1) is 7.64. The summed E-state index contributed by atoms with van der Waals surface area (Å²) in [7, 11) is 3.57. The minimum atomic E-state index is -0.145. The normalized spacial score (nSPS) is 17.1. The molecule has 0 aromatic rings. The number of likely N-dealkylation sites (N-methyl/N-ethyl adjacent to an activating group) is 1. The van der Waals surface area contributed by atoms with E-state index in [1.165, 1.54) is 0 Å². The van der Waals surface area contributed by atoms with E-state index >= 15 is 0 Å². The fraction of sp³-hybridized carbons (Fsp3) is 1.00. The van der Waals surface area contributed by atoms with Crippen LogP contribution in [0.5, 0.6) is 0 Å². The Labute approximate surface area is 99.3 Å². The fourth-order valence-corrected chi connectivity index (χ4v) is 1.73. The number of ether oxygens (including phenoxy) is 2. The second kappa shape index (κ2) is 8.93. The highest BCUT2D eigenvalue weighted by Crippen LogP contribution is 2.16. The van der Waals surface area contributed by atoms with Crippen molar-refractivity contribution in [3.63, 3.8) is 0 Å². The molecular formula is C12H27NO3. The summed E-state index contributed by atoms with van der Waals surface area (Å²) in [6.07, 6.45) is 2.94. The van der Waals surface area contributed by atoms with Crippen LogP contribution in [-0.4, -0.2) is 50.7 Å². The van der Waals surface area contributed by atoms with Crippen LogP contribution in [0, 0.1) is 0 Å². The van der Waals surface area contributed by atoms with Crippen molar-refractivity contribution >= 4 is 0 Å². The van der Waals surface area contributed by atoms with E-state index in [1.807, 2.05) is 14.0 Å². The van der Waals surface area contributed by atoms with Gasteiger partial charge in [-0.2, -0.15) is 0 Å². The number of hydrogen-bond acceptors (Lipinski definition) is 4. The third-order valence-electron chi connectivity index (χ3n) is 3.11. The third kappa shape index (κ3) is 5.80. The molecule has 0 fully saturated rings. The van der Waals surface area contributed by atoms with E-state index in [4.69, 9.17) is 9.47 Å². The molecule has 0 aromatic heterocycles. The van der Waals surface area contributed by atoms with Crippen LogP contribution in [0.4, 0.5) is 0 Å². The van der Waals surface area contributed by atoms with Gasteiger partial charge < -0.3 is 19.9 Å². The zero-order valence-corrected chi connectivity index (χ0v) is 11.1. The summed E-state index contributed by atoms with van der Waals surface area (Å²) in [4.78, 5) is 0. The van der Waals surface area contributed by atoms with E-state index < -0.39 is 0 Å². The molecule has 0 aliphatic heterocycles. The maximum absolute atomic E-state index is 9.35. The predicted molar refractivity (Wildman–Crippen MR) is 65.7 cm³/mol. The van der Waals surface area contributed by atoms with Crippen LogP contribution in [0.3, 0.4) is 0 Å². The van der Waals surface area contributed by atoms with Gasteiger partial charge in [-0.25, -0.2) is 0 Å². The quantitative estimate of drug-likeness (QED) is 0.556. The second-order valence-corrected chi connectivity index (χ2v) is 4.28. The smallest absolute Gasteiger partial charge is 0.0780 e. The van der Waals surface area contributed by atoms with E-state index in [-0.39, 0.29) is 18.2 Å². The van der Waals surface area contributed by atoms with E-state index in [0.29, 0.717) is 13.2 Å². The zero-order valence-electron chi connectivity index (χ0n) is 11.1. The van der Waals surface area contributed by atoms with Gasteiger partial charge in [0.25, 0.3) is 0 Å². The highest BCUT2D eigenvalue weighted by molar-refractivity contribution is 4.84. The van der Waals surface area contributed by atoms with Crippen LogP contribution in [0.15, 0.2) is 0 Å². The largest absolute Gasteiger partial charge is 0.394 e. The first-order valence-corrected chi connectivity index (χ1v) is 6.04. The minimum absolute atomic E-state index is 0.143. The maximum Gasteiger partial charge on any atom is 0.0780 e. The van der Waals surface area contributed by atoms with Crippen LogP contribution in [0.25, 0.3) is 0 Å². The second-order valence-electron chi connectivity index (χ2n) is 4.28. The lowest BCUT2D eigenvalue weighted by Gasteiger charge is -2.30. The van der Waals surface area contributed by atoms with Gasteiger partial charge in [0.1, 0.15) is 0 Å². The standard InChI is InChI=1S/C12H27NO3/c1-5-12(10-14,13-3)7-6-8-16-11(2)9-15-4/h11,13-14H,5-10H2,1-4H3. The number of aliphatic hydroxyl groups is 1. The Morgan fingerprint density at radius 3 is 2.56 bits per heavy atom. The molecule has 0 heterocycles. The van der Waals surface area contributed by atoms with Crippen LogP contribution in [0.1, 0.15) is 33.1 Å². The summed E-state index contributed by atoms with van der Waals surface area (Å²) >= 11 is 0. The first kappa shape index (κ1) is 15.8. The Bertz CT molecular complexity index is 152. The highest BCUT2D eigenvalue weighted by atomic mass is 16.5. The topological polar surface area (TPSA) is 50.7 Å². The average molecular weight is 233 g/mol. The van der Waals surface area contributed by atoms with E-state index in [9.17, 15) is 5.11 Å². The molecule has 0 bridgehead atoms. The zero-order chi connectivity index (χ0) is 12.4. The van der Waals surface area contributed by atoms with Gasteiger partial charge in [0, 0.05) is 19.3 Å². The molecule has 4 heteroatoms. The van der Waals surface area contributed by atoms with Crippen molar-refractivity contribution in [3.05, 3.63) is 0 Å². The maximum atomic E-state index is 9.35. The van der Waals surface area contributed by atoms with Crippen molar-refractivity contribution in [1.29, 1.82) is 0 Å². The molecule has 0 saturated heterocycles. The van der Waals surface area contributed by atoms with Crippen LogP contribution >= 0.6 is 0 Å². The lowest BCUT2D eigenvalue weighted by molar-refractivity contribution is 0.00432. The number of methoxy groups -OCH3 is 1. The number of hydrogen-bond donors (Lipinski definition) is 2. The molecule has 98 valence electrons. The molecule has 0 saturated carbocycles. The van der Waals surface area contributed by atoms with E-state index in [0.717, 1.165) is 19.3 Å². The van der Waals surface area contributed by atoms with Gasteiger partial charge in [-0.05, 0) is 33.2 Å². The molecule has 0 aliphatic rings. The Balaban J connectivity index is 3.70. The van der Waals surface area contributed by atoms with Crippen molar-refractivity contribution in [2.75, 3.05) is 34.0 Å². The van der Waals surface area contributed by atoms with Gasteiger partial charge in [0.2, 0.25) is 0 Å². The molecule has 0 rings (SSSR count). The molecule has 0 aliphatic carbocycles. The molecule has 16 heavy (non-hydrogen) atoms. The molecule has 0 aromatic carbocycles. The SMILES string of the molecule is CCC(CO)(CCCOC(C)COC)NC. The van der Waals surface area contributed by atoms with Gasteiger partial charge in [-0.3, -0.25) is 0 Å². The average Bonchev–Trinajstić information content (AvgIpc) is 2.31. The van der Waals surface area contributed by atoms with E-state index in [2.05, 4.69) is 12.2 Å². The minimum Gasteiger partial charge on any atom is -0.394 e. The molecule has 0 amide bonds. The van der Waals surface area contributed by atoms with Crippen molar-refractivity contribution in [2.24, 2.45) is 0 Å². The Hall–Kier alpha value is -0.160. The number of aliphatic hydroxyl groups excluding tert-OH is 1. The molecule has 0 spiro atoms. The molecule has 2 unspecified atom stereocenters. The Kier molecular flexibility index (Phi) is 8.84. The molecule has 2 atom stereocenters. The lowest BCUT2D eigenvalue weighted by atomic mass is 9.92. The van der Waals surface area contributed by atoms with Crippen LogP contribution in [0.2, 0.25) is 0 Å². The van der Waals surface area contributed by atoms with Crippen molar-refractivity contribution in [1.82, 2.24) is 5.32 Å². The Morgan fingerprint density at radius 1 is 1.44 bits per heavy atom. The third-order valence-corrected chi connectivity index (χ3v) is 3.11. The summed E-state index contributed by atoms with van der Waals surface area (Å²) in [5.41, 5.74) is -0.145. The van der Waals surface area contributed by atoms with Crippen molar-refractivity contribution in [3.8, 4) is 0 Å². The van der Waals surface area contributed by atoms with Crippen molar-refractivity contribution < 1.29 is 14.6 Å². The molecular weight excluding hydrogens is 206 g/mol. The molecule has 2 N–H and O–H groups in total. The van der Waals surface area contributed by atoms with Gasteiger partial charge in [0.15, 0.2) is 0 Å². The van der Waals surface area contributed by atoms with Crippen molar-refractivity contribution in [2.45, 2.75) is 44.8 Å². The first-order valence-electron chi connectivity index (χ1n) is 6.04. The van der Waals surface area contributed by atoms with Gasteiger partial charge in [-0.1, -0.05) is 6.92 Å². The van der Waals surface area contributed by atoms with Gasteiger partial charge in [0.05, 0.1) is 19.3 Å². The van der Waals surface area contributed by atoms with Gasteiger partial charge in [-0.15, -0.1) is 0 Å². The number of nitrogens with one attached hydrogen (secondary N) is 1. The highest BCUT2D eigenvalue weighted by Gasteiger charge is 2.24. The van der Waals surface area contributed by atoms with Crippen LogP contribution < -0.4 is 5.32 Å². The summed E-state index contributed by atoms with van der Waals surface area (Å²) in [5.74, 6) is 0. The predicted octanol–water partition coefficient (Wildman–Crippen LogP) is 1.18. The summed E-state index contributed by atoms with van der Waals surface area (Å²) in [6, 6.07) is 0. The summed E-state index contributed by atoms with van der Waals surface area (Å²) in [5, 5.41) is 12.5. The Morgan fingerprint density at radius 2 is 2.12 bits per heavy atom.